The summed E-state index contributed by atoms with van der Waals surface area (Å²) in [6, 6.07) is 4.00. The van der Waals surface area contributed by atoms with E-state index in [1.165, 1.54) is 25.3 Å². The van der Waals surface area contributed by atoms with Gasteiger partial charge < -0.3 is 20.3 Å². The number of non-ortho nitro benzene ring substituents is 1. The van der Waals surface area contributed by atoms with Crippen LogP contribution in [-0.4, -0.2) is 49.5 Å². The van der Waals surface area contributed by atoms with E-state index in [-0.39, 0.29) is 42.3 Å². The fraction of sp³-hybridized carbons (Fsp3) is 0.500. The Morgan fingerprint density at radius 1 is 1.28 bits per heavy atom. The highest BCUT2D eigenvalue weighted by atomic mass is 16.6. The van der Waals surface area contributed by atoms with Gasteiger partial charge in [0.2, 0.25) is 0 Å². The first kappa shape index (κ1) is 20.4. The van der Waals surface area contributed by atoms with Gasteiger partial charge in [0.05, 0.1) is 24.3 Å². The number of quaternary nitrogens is 1. The van der Waals surface area contributed by atoms with Crippen molar-refractivity contribution in [1.29, 1.82) is 0 Å². The molecule has 0 aromatic heterocycles. The van der Waals surface area contributed by atoms with Crippen LogP contribution in [0.2, 0.25) is 0 Å². The van der Waals surface area contributed by atoms with Gasteiger partial charge in [0, 0.05) is 18.2 Å². The van der Waals surface area contributed by atoms with E-state index in [4.69, 9.17) is 4.74 Å². The zero-order valence-corrected chi connectivity index (χ0v) is 14.9. The fourth-order valence-corrected chi connectivity index (χ4v) is 2.24. The number of nitro benzene ring substituents is 1. The molecule has 138 valence electrons. The summed E-state index contributed by atoms with van der Waals surface area (Å²) < 4.78 is 5.11. The summed E-state index contributed by atoms with van der Waals surface area (Å²) in [5.74, 6) is -0.157. The number of carbonyl (C=O) groups excluding carboxylic acids is 2. The molecule has 1 rings (SSSR count). The number of hydrogen-bond acceptors (Lipinski definition) is 5. The molecule has 0 aliphatic rings. The second-order valence-electron chi connectivity index (χ2n) is 5.87. The van der Waals surface area contributed by atoms with Gasteiger partial charge in [-0.05, 0) is 26.8 Å². The van der Waals surface area contributed by atoms with Gasteiger partial charge in [-0.25, -0.2) is 0 Å². The van der Waals surface area contributed by atoms with Crippen LogP contribution in [0, 0.1) is 10.1 Å². The molecule has 1 unspecified atom stereocenters. The SMILES string of the molecule is CC[NH+](CC(=O)Nc1cc([N+](=O)[O-])ccc1OC)CC(=O)NC(C)C. The van der Waals surface area contributed by atoms with E-state index in [0.717, 1.165) is 4.90 Å². The molecule has 0 bridgehead atoms. The Hall–Kier alpha value is -2.68. The zero-order chi connectivity index (χ0) is 19.0. The Bertz CT molecular complexity index is 633. The smallest absolute Gasteiger partial charge is 0.279 e. The number of likely N-dealkylation sites (N-methyl/N-ethyl adjacent to an activating group) is 1. The number of ether oxygens (including phenoxy) is 1. The number of anilines is 1. The highest BCUT2D eigenvalue weighted by Gasteiger charge is 2.19. The number of rotatable bonds is 9. The average molecular weight is 353 g/mol. The molecule has 3 N–H and O–H groups in total. The first-order valence-corrected chi connectivity index (χ1v) is 8.02. The summed E-state index contributed by atoms with van der Waals surface area (Å²) in [4.78, 5) is 35.2. The lowest BCUT2D eigenvalue weighted by atomic mass is 10.2. The number of nitro groups is 1. The topological polar surface area (TPSA) is 115 Å². The number of nitrogens with zero attached hydrogens (tertiary/aromatic N) is 1. The van der Waals surface area contributed by atoms with Crippen molar-refractivity contribution in [2.45, 2.75) is 26.8 Å². The van der Waals surface area contributed by atoms with Crippen molar-refractivity contribution in [2.24, 2.45) is 0 Å². The normalized spacial score (nSPS) is 11.7. The van der Waals surface area contributed by atoms with Crippen LogP contribution in [0.3, 0.4) is 0 Å². The quantitative estimate of drug-likeness (QED) is 0.426. The van der Waals surface area contributed by atoms with Gasteiger partial charge in [0.1, 0.15) is 5.75 Å². The van der Waals surface area contributed by atoms with Crippen LogP contribution in [0.4, 0.5) is 11.4 Å². The van der Waals surface area contributed by atoms with Crippen molar-refractivity contribution in [3.8, 4) is 5.75 Å². The van der Waals surface area contributed by atoms with Crippen LogP contribution in [0.5, 0.6) is 5.75 Å². The molecule has 25 heavy (non-hydrogen) atoms. The molecule has 0 saturated carbocycles. The molecule has 0 heterocycles. The second kappa shape index (κ2) is 9.58. The molecule has 2 amide bonds. The molecule has 0 aliphatic heterocycles. The van der Waals surface area contributed by atoms with Gasteiger partial charge in [-0.2, -0.15) is 0 Å². The van der Waals surface area contributed by atoms with E-state index in [2.05, 4.69) is 10.6 Å². The number of benzene rings is 1. The lowest BCUT2D eigenvalue weighted by Crippen LogP contribution is -3.14. The molecule has 0 saturated heterocycles. The molecule has 0 aliphatic carbocycles. The van der Waals surface area contributed by atoms with Crippen molar-refractivity contribution in [3.63, 3.8) is 0 Å². The van der Waals surface area contributed by atoms with Crippen LogP contribution in [-0.2, 0) is 9.59 Å². The summed E-state index contributed by atoms with van der Waals surface area (Å²) in [6.45, 7) is 6.43. The molecule has 1 atom stereocenters. The third-order valence-electron chi connectivity index (χ3n) is 3.44. The predicted octanol–water partition coefficient (Wildman–Crippen LogP) is -0.0287. The summed E-state index contributed by atoms with van der Waals surface area (Å²) in [6.07, 6.45) is 0. The zero-order valence-electron chi connectivity index (χ0n) is 14.9. The van der Waals surface area contributed by atoms with E-state index < -0.39 is 4.92 Å². The third-order valence-corrected chi connectivity index (χ3v) is 3.44. The van der Waals surface area contributed by atoms with E-state index in [1.54, 1.807) is 0 Å². The van der Waals surface area contributed by atoms with E-state index in [9.17, 15) is 19.7 Å². The van der Waals surface area contributed by atoms with Crippen molar-refractivity contribution >= 4 is 23.2 Å². The van der Waals surface area contributed by atoms with Gasteiger partial charge in [-0.15, -0.1) is 0 Å². The Kier molecular flexibility index (Phi) is 7.80. The molecule has 0 radical (unpaired) electrons. The average Bonchev–Trinajstić information content (AvgIpc) is 2.53. The first-order valence-electron chi connectivity index (χ1n) is 8.02. The van der Waals surface area contributed by atoms with Crippen molar-refractivity contribution in [1.82, 2.24) is 5.32 Å². The maximum Gasteiger partial charge on any atom is 0.279 e. The van der Waals surface area contributed by atoms with E-state index in [1.807, 2.05) is 20.8 Å². The number of amides is 2. The summed E-state index contributed by atoms with van der Waals surface area (Å²) in [5, 5.41) is 16.3. The standard InChI is InChI=1S/C16H24N4O5/c1-5-19(9-15(21)17-11(2)3)10-16(22)18-13-8-12(20(23)24)6-7-14(13)25-4/h6-8,11H,5,9-10H2,1-4H3,(H,17,21)(H,18,22)/p+1. The largest absolute Gasteiger partial charge is 0.495 e. The summed E-state index contributed by atoms with van der Waals surface area (Å²) in [7, 11) is 1.41. The molecule has 1 aromatic carbocycles. The van der Waals surface area contributed by atoms with E-state index in [0.29, 0.717) is 12.3 Å². The fourth-order valence-electron chi connectivity index (χ4n) is 2.24. The minimum absolute atomic E-state index is 0.0357. The summed E-state index contributed by atoms with van der Waals surface area (Å²) >= 11 is 0. The molecule has 0 fully saturated rings. The minimum atomic E-state index is -0.547. The van der Waals surface area contributed by atoms with Crippen LogP contribution in [0.25, 0.3) is 0 Å². The van der Waals surface area contributed by atoms with Crippen LogP contribution in [0.15, 0.2) is 18.2 Å². The highest BCUT2D eigenvalue weighted by molar-refractivity contribution is 5.93. The highest BCUT2D eigenvalue weighted by Crippen LogP contribution is 2.28. The minimum Gasteiger partial charge on any atom is -0.495 e. The molecular weight excluding hydrogens is 328 g/mol. The third kappa shape index (κ3) is 6.76. The Morgan fingerprint density at radius 3 is 2.44 bits per heavy atom. The predicted molar refractivity (Wildman–Crippen MR) is 92.8 cm³/mol. The Balaban J connectivity index is 2.75. The molecule has 1 aromatic rings. The van der Waals surface area contributed by atoms with Crippen molar-refractivity contribution < 1.29 is 24.1 Å². The lowest BCUT2D eigenvalue weighted by molar-refractivity contribution is -0.881. The number of carbonyl (C=O) groups is 2. The monoisotopic (exact) mass is 353 g/mol. The first-order chi connectivity index (χ1) is 11.8. The number of methoxy groups -OCH3 is 1. The second-order valence-corrected chi connectivity index (χ2v) is 5.87. The van der Waals surface area contributed by atoms with Gasteiger partial charge in [0.25, 0.3) is 17.5 Å². The molecule has 9 nitrogen and oxygen atoms in total. The number of nitrogens with one attached hydrogen (secondary N) is 3. The van der Waals surface area contributed by atoms with Gasteiger partial charge in [-0.3, -0.25) is 19.7 Å². The Morgan fingerprint density at radius 2 is 1.92 bits per heavy atom. The molecule has 0 spiro atoms. The Labute approximate surface area is 146 Å². The summed E-state index contributed by atoms with van der Waals surface area (Å²) in [5.41, 5.74) is 0.0795. The molecular formula is C16H25N4O5+. The van der Waals surface area contributed by atoms with Gasteiger partial charge >= 0.3 is 0 Å². The van der Waals surface area contributed by atoms with Crippen molar-refractivity contribution in [2.75, 3.05) is 32.1 Å². The van der Waals surface area contributed by atoms with Crippen molar-refractivity contribution in [3.05, 3.63) is 28.3 Å². The maximum absolute atomic E-state index is 12.2. The van der Waals surface area contributed by atoms with Gasteiger partial charge in [-0.1, -0.05) is 0 Å². The lowest BCUT2D eigenvalue weighted by Gasteiger charge is -2.18. The van der Waals surface area contributed by atoms with Crippen LogP contribution < -0.4 is 20.3 Å². The van der Waals surface area contributed by atoms with Crippen LogP contribution in [0.1, 0.15) is 20.8 Å². The molecule has 9 heteroatoms. The number of hydrogen-bond donors (Lipinski definition) is 3. The maximum atomic E-state index is 12.2. The van der Waals surface area contributed by atoms with Gasteiger partial charge in [0.15, 0.2) is 13.1 Å². The van der Waals surface area contributed by atoms with E-state index >= 15 is 0 Å². The van der Waals surface area contributed by atoms with Crippen LogP contribution >= 0.6 is 0 Å².